The number of likely N-dealkylation sites (tertiary alicyclic amines) is 1. The van der Waals surface area contributed by atoms with E-state index in [9.17, 15) is 13.2 Å². The summed E-state index contributed by atoms with van der Waals surface area (Å²) in [5.74, 6) is 0.168. The molecule has 0 aliphatic carbocycles. The Hall–Kier alpha value is -1.86. The van der Waals surface area contributed by atoms with E-state index in [0.29, 0.717) is 63.0 Å². The molecule has 0 bridgehead atoms. The highest BCUT2D eigenvalue weighted by atomic mass is 32.2. The van der Waals surface area contributed by atoms with E-state index in [0.717, 1.165) is 19.4 Å². The van der Waals surface area contributed by atoms with Gasteiger partial charge in [0.15, 0.2) is 5.65 Å². The van der Waals surface area contributed by atoms with Gasteiger partial charge < -0.3 is 9.64 Å². The lowest BCUT2D eigenvalue weighted by Crippen LogP contribution is -2.48. The summed E-state index contributed by atoms with van der Waals surface area (Å²) in [6.45, 7) is 8.95. The van der Waals surface area contributed by atoms with Crippen LogP contribution in [0.15, 0.2) is 23.2 Å². The molecule has 182 valence electrons. The predicted octanol–water partition coefficient (Wildman–Crippen LogP) is 1.42. The van der Waals surface area contributed by atoms with Crippen LogP contribution in [-0.2, 0) is 26.2 Å². The minimum absolute atomic E-state index is 0.0335. The van der Waals surface area contributed by atoms with Crippen molar-refractivity contribution in [1.29, 1.82) is 0 Å². The van der Waals surface area contributed by atoms with Gasteiger partial charge in [-0.15, -0.1) is 0 Å². The molecule has 1 atom stereocenters. The van der Waals surface area contributed by atoms with E-state index in [1.165, 1.54) is 4.31 Å². The van der Waals surface area contributed by atoms with Crippen LogP contribution < -0.4 is 0 Å². The van der Waals surface area contributed by atoms with Crippen LogP contribution in [0.5, 0.6) is 0 Å². The highest BCUT2D eigenvalue weighted by Gasteiger charge is 2.30. The molecule has 2 aliphatic rings. The van der Waals surface area contributed by atoms with E-state index < -0.39 is 10.0 Å². The Kier molecular flexibility index (Phi) is 7.49. The van der Waals surface area contributed by atoms with Crippen LogP contribution in [0.25, 0.3) is 5.65 Å². The summed E-state index contributed by atoms with van der Waals surface area (Å²) in [6.07, 6.45) is 3.37. The lowest BCUT2D eigenvalue weighted by Gasteiger charge is -2.36. The van der Waals surface area contributed by atoms with Crippen LogP contribution in [-0.4, -0.2) is 95.1 Å². The Morgan fingerprint density at radius 2 is 1.94 bits per heavy atom. The lowest BCUT2D eigenvalue weighted by molar-refractivity contribution is -0.141. The van der Waals surface area contributed by atoms with Gasteiger partial charge in [0, 0.05) is 38.9 Å². The first-order chi connectivity index (χ1) is 15.8. The molecule has 12 heteroatoms. The monoisotopic (exact) mass is 496 g/mol. The van der Waals surface area contributed by atoms with Gasteiger partial charge in [-0.1, -0.05) is 13.8 Å². The molecule has 1 unspecified atom stereocenters. The Labute approximate surface area is 199 Å². The number of nitrogens with zero attached hydrogens (tertiary/aromatic N) is 6. The van der Waals surface area contributed by atoms with E-state index >= 15 is 0 Å². The number of rotatable bonds is 7. The zero-order chi connectivity index (χ0) is 23.6. The third-order valence-electron chi connectivity index (χ3n) is 6.40. The number of amides is 1. The Bertz CT molecular complexity index is 1150. The molecule has 2 aliphatic heterocycles. The van der Waals surface area contributed by atoms with Gasteiger partial charge in [0.25, 0.3) is 0 Å². The molecule has 1 amide bonds. The van der Waals surface area contributed by atoms with Gasteiger partial charge in [0.2, 0.25) is 20.7 Å². The second kappa shape index (κ2) is 10.2. The molecule has 33 heavy (non-hydrogen) atoms. The van der Waals surface area contributed by atoms with Gasteiger partial charge in [-0.3, -0.25) is 14.1 Å². The van der Waals surface area contributed by atoms with Crippen molar-refractivity contribution >= 4 is 33.8 Å². The number of carbonyl (C=O) groups is 1. The maximum atomic E-state index is 12.9. The maximum absolute atomic E-state index is 12.9. The SMILES string of the molecule is CCN(CC)S(=O)(=O)c1ccc2nn(CN3CCCC(C(=O)N4CCOCC4)C3)c(=S)n2c1. The van der Waals surface area contributed by atoms with Crippen LogP contribution in [0, 0.1) is 10.7 Å². The van der Waals surface area contributed by atoms with Crippen LogP contribution >= 0.6 is 12.2 Å². The number of carbonyl (C=O) groups excluding carboxylic acids is 1. The van der Waals surface area contributed by atoms with E-state index in [4.69, 9.17) is 17.0 Å². The van der Waals surface area contributed by atoms with Crippen molar-refractivity contribution in [3.05, 3.63) is 23.1 Å². The number of fused-ring (bicyclic) bond motifs is 1. The lowest BCUT2D eigenvalue weighted by atomic mass is 9.96. The number of morpholine rings is 1. The zero-order valence-corrected chi connectivity index (χ0v) is 20.9. The summed E-state index contributed by atoms with van der Waals surface area (Å²) < 4.78 is 36.4. The molecule has 2 fully saturated rings. The molecular weight excluding hydrogens is 464 g/mol. The van der Waals surface area contributed by atoms with Crippen molar-refractivity contribution in [2.75, 3.05) is 52.5 Å². The van der Waals surface area contributed by atoms with Crippen molar-refractivity contribution in [3.8, 4) is 0 Å². The molecule has 10 nitrogen and oxygen atoms in total. The predicted molar refractivity (Wildman–Crippen MR) is 126 cm³/mol. The maximum Gasteiger partial charge on any atom is 0.244 e. The highest BCUT2D eigenvalue weighted by molar-refractivity contribution is 7.89. The topological polar surface area (TPSA) is 92.4 Å². The van der Waals surface area contributed by atoms with Gasteiger partial charge in [0.05, 0.1) is 30.7 Å². The van der Waals surface area contributed by atoms with E-state index in [1.54, 1.807) is 27.4 Å². The third-order valence-corrected chi connectivity index (χ3v) is 8.85. The minimum Gasteiger partial charge on any atom is -0.378 e. The average Bonchev–Trinajstić information content (AvgIpc) is 3.14. The van der Waals surface area contributed by atoms with Crippen LogP contribution in [0.4, 0.5) is 0 Å². The summed E-state index contributed by atoms with van der Waals surface area (Å²) in [5.41, 5.74) is 0.594. The number of sulfonamides is 1. The van der Waals surface area contributed by atoms with Crippen molar-refractivity contribution in [2.24, 2.45) is 5.92 Å². The molecule has 2 saturated heterocycles. The molecule has 0 saturated carbocycles. The van der Waals surface area contributed by atoms with Crippen LogP contribution in [0.2, 0.25) is 0 Å². The van der Waals surface area contributed by atoms with E-state index in [-0.39, 0.29) is 16.7 Å². The smallest absolute Gasteiger partial charge is 0.244 e. The molecular formula is C21H32N6O4S2. The van der Waals surface area contributed by atoms with Gasteiger partial charge in [-0.25, -0.2) is 13.1 Å². The standard InChI is InChI=1S/C21H32N6O4S2/c1-3-25(4-2)33(29,30)18-7-8-19-22-27(21(32)26(19)15-18)16-23-9-5-6-17(14-23)20(28)24-10-12-31-13-11-24/h7-8,15,17H,3-6,9-14,16H2,1-2H3. The van der Waals surface area contributed by atoms with Gasteiger partial charge >= 0.3 is 0 Å². The third kappa shape index (κ3) is 4.99. The Morgan fingerprint density at radius 3 is 2.64 bits per heavy atom. The van der Waals surface area contributed by atoms with Gasteiger partial charge in [-0.05, 0) is 43.7 Å². The van der Waals surface area contributed by atoms with E-state index in [1.807, 2.05) is 18.7 Å². The summed E-state index contributed by atoms with van der Waals surface area (Å²) in [6, 6.07) is 3.26. The van der Waals surface area contributed by atoms with Crippen LogP contribution in [0.1, 0.15) is 26.7 Å². The number of ether oxygens (including phenoxy) is 1. The zero-order valence-electron chi connectivity index (χ0n) is 19.2. The fourth-order valence-electron chi connectivity index (χ4n) is 4.57. The van der Waals surface area contributed by atoms with Crippen molar-refractivity contribution in [3.63, 3.8) is 0 Å². The molecule has 2 aromatic heterocycles. The second-order valence-corrected chi connectivity index (χ2v) is 10.8. The van der Waals surface area contributed by atoms with Crippen molar-refractivity contribution in [1.82, 2.24) is 28.3 Å². The second-order valence-electron chi connectivity index (χ2n) is 8.46. The number of piperidine rings is 1. The number of hydrogen-bond acceptors (Lipinski definition) is 7. The summed E-state index contributed by atoms with van der Waals surface area (Å²) in [4.78, 5) is 17.2. The fraction of sp³-hybridized carbons (Fsp3) is 0.667. The number of hydrogen-bond donors (Lipinski definition) is 0. The highest BCUT2D eigenvalue weighted by Crippen LogP contribution is 2.21. The number of aromatic nitrogens is 3. The number of pyridine rings is 1. The van der Waals surface area contributed by atoms with Crippen molar-refractivity contribution in [2.45, 2.75) is 38.3 Å². The molecule has 4 heterocycles. The van der Waals surface area contributed by atoms with Crippen molar-refractivity contribution < 1.29 is 17.9 Å². The summed E-state index contributed by atoms with van der Waals surface area (Å²) in [5, 5.41) is 4.59. The van der Waals surface area contributed by atoms with Gasteiger partial charge in [-0.2, -0.15) is 9.40 Å². The molecule has 2 aromatic rings. The summed E-state index contributed by atoms with van der Waals surface area (Å²) >= 11 is 5.62. The van der Waals surface area contributed by atoms with Gasteiger partial charge in [0.1, 0.15) is 0 Å². The Morgan fingerprint density at radius 1 is 1.21 bits per heavy atom. The molecule has 4 rings (SSSR count). The summed E-state index contributed by atoms with van der Waals surface area (Å²) in [7, 11) is -3.59. The molecule has 0 aromatic carbocycles. The molecule has 0 N–H and O–H groups in total. The van der Waals surface area contributed by atoms with E-state index in [2.05, 4.69) is 10.00 Å². The first-order valence-corrected chi connectivity index (χ1v) is 13.4. The quantitative estimate of drug-likeness (QED) is 0.536. The first-order valence-electron chi connectivity index (χ1n) is 11.5. The normalized spacial score (nSPS) is 20.6. The molecule has 0 radical (unpaired) electrons. The largest absolute Gasteiger partial charge is 0.378 e. The first kappa shape index (κ1) is 24.3. The fourth-order valence-corrected chi connectivity index (χ4v) is 6.27. The average molecular weight is 497 g/mol. The molecule has 0 spiro atoms. The Balaban J connectivity index is 1.51. The van der Waals surface area contributed by atoms with Crippen LogP contribution in [0.3, 0.4) is 0 Å². The minimum atomic E-state index is -3.59.